The second-order valence-electron chi connectivity index (χ2n) is 5.90. The fraction of sp³-hybridized carbons (Fsp3) is 1.00. The van der Waals surface area contributed by atoms with Crippen LogP contribution in [0.4, 0.5) is 0 Å². The highest BCUT2D eigenvalue weighted by atomic mass is 16.5. The van der Waals surface area contributed by atoms with E-state index in [1.54, 1.807) is 0 Å². The largest absolute Gasteiger partial charge is 0.381 e. The molecule has 0 amide bonds. The highest BCUT2D eigenvalue weighted by molar-refractivity contribution is 4.80. The maximum Gasteiger partial charge on any atom is 0.0586 e. The fourth-order valence-electron chi connectivity index (χ4n) is 3.32. The molecule has 3 heteroatoms. The molecule has 1 aliphatic heterocycles. The highest BCUT2D eigenvalue weighted by Gasteiger charge is 2.23. The van der Waals surface area contributed by atoms with Gasteiger partial charge in [0, 0.05) is 19.7 Å². The van der Waals surface area contributed by atoms with E-state index < -0.39 is 0 Å². The molecule has 17 heavy (non-hydrogen) atoms. The van der Waals surface area contributed by atoms with Gasteiger partial charge in [0.2, 0.25) is 0 Å². The molecule has 0 spiro atoms. The van der Waals surface area contributed by atoms with Crippen LogP contribution in [0.1, 0.15) is 38.5 Å². The lowest BCUT2D eigenvalue weighted by molar-refractivity contribution is 0.0574. The molecule has 0 aromatic heterocycles. The molecule has 0 aromatic rings. The van der Waals surface area contributed by atoms with Gasteiger partial charge >= 0.3 is 0 Å². The molecule has 3 nitrogen and oxygen atoms in total. The highest BCUT2D eigenvalue weighted by Crippen LogP contribution is 2.21. The number of methoxy groups -OCH3 is 1. The average molecular weight is 240 g/mol. The summed E-state index contributed by atoms with van der Waals surface area (Å²) in [5.41, 5.74) is 0. The monoisotopic (exact) mass is 240 g/mol. The summed E-state index contributed by atoms with van der Waals surface area (Å²) in [5.74, 6) is 0.858. The van der Waals surface area contributed by atoms with Gasteiger partial charge in [0.1, 0.15) is 0 Å². The van der Waals surface area contributed by atoms with Crippen LogP contribution in [0.5, 0.6) is 0 Å². The van der Waals surface area contributed by atoms with Crippen molar-refractivity contribution >= 4 is 0 Å². The Morgan fingerprint density at radius 1 is 1.24 bits per heavy atom. The molecular formula is C14H28N2O. The van der Waals surface area contributed by atoms with E-state index in [-0.39, 0.29) is 0 Å². The molecule has 3 atom stereocenters. The molecule has 1 aliphatic carbocycles. The summed E-state index contributed by atoms with van der Waals surface area (Å²) in [5, 5.41) is 3.77. The van der Waals surface area contributed by atoms with E-state index >= 15 is 0 Å². The molecule has 3 unspecified atom stereocenters. The lowest BCUT2D eigenvalue weighted by Gasteiger charge is -2.33. The maximum atomic E-state index is 5.48. The minimum absolute atomic E-state index is 0.496. The third kappa shape index (κ3) is 4.23. The maximum absolute atomic E-state index is 5.48. The smallest absolute Gasteiger partial charge is 0.0586 e. The van der Waals surface area contributed by atoms with Crippen LogP contribution in [0, 0.1) is 5.92 Å². The molecule has 1 saturated carbocycles. The first-order valence-corrected chi connectivity index (χ1v) is 7.22. The zero-order valence-corrected chi connectivity index (χ0v) is 11.5. The van der Waals surface area contributed by atoms with Crippen molar-refractivity contribution in [2.24, 2.45) is 5.92 Å². The van der Waals surface area contributed by atoms with Gasteiger partial charge in [-0.1, -0.05) is 0 Å². The summed E-state index contributed by atoms with van der Waals surface area (Å²) in [7, 11) is 4.09. The number of piperidine rings is 1. The molecule has 2 aliphatic rings. The Hall–Kier alpha value is -0.120. The van der Waals surface area contributed by atoms with Crippen LogP contribution < -0.4 is 5.32 Å². The number of hydrogen-bond donors (Lipinski definition) is 1. The fourth-order valence-corrected chi connectivity index (χ4v) is 3.32. The molecule has 2 fully saturated rings. The topological polar surface area (TPSA) is 24.5 Å². The number of hydrogen-bond acceptors (Lipinski definition) is 3. The molecule has 0 radical (unpaired) electrons. The van der Waals surface area contributed by atoms with E-state index in [1.165, 1.54) is 58.2 Å². The van der Waals surface area contributed by atoms with Gasteiger partial charge in [-0.25, -0.2) is 0 Å². The van der Waals surface area contributed by atoms with Crippen molar-refractivity contribution in [2.75, 3.05) is 33.8 Å². The number of ether oxygens (including phenoxy) is 1. The second-order valence-corrected chi connectivity index (χ2v) is 5.90. The average Bonchev–Trinajstić information content (AvgIpc) is 2.37. The van der Waals surface area contributed by atoms with Crippen molar-refractivity contribution < 1.29 is 4.74 Å². The molecule has 1 heterocycles. The van der Waals surface area contributed by atoms with Crippen molar-refractivity contribution in [1.82, 2.24) is 10.2 Å². The van der Waals surface area contributed by atoms with Crippen LogP contribution in [0.3, 0.4) is 0 Å². The third-order valence-electron chi connectivity index (χ3n) is 4.38. The second kappa shape index (κ2) is 6.72. The molecule has 0 bridgehead atoms. The van der Waals surface area contributed by atoms with E-state index in [9.17, 15) is 0 Å². The Balaban J connectivity index is 1.66. The van der Waals surface area contributed by atoms with Crippen molar-refractivity contribution in [2.45, 2.75) is 50.7 Å². The Morgan fingerprint density at radius 3 is 2.88 bits per heavy atom. The van der Waals surface area contributed by atoms with Gasteiger partial charge in [-0.3, -0.25) is 0 Å². The van der Waals surface area contributed by atoms with Gasteiger partial charge in [0.25, 0.3) is 0 Å². The van der Waals surface area contributed by atoms with Crippen LogP contribution >= 0.6 is 0 Å². The van der Waals surface area contributed by atoms with Crippen molar-refractivity contribution in [1.29, 1.82) is 0 Å². The van der Waals surface area contributed by atoms with Crippen LogP contribution in [-0.2, 0) is 4.74 Å². The summed E-state index contributed by atoms with van der Waals surface area (Å²) in [4.78, 5) is 2.47. The summed E-state index contributed by atoms with van der Waals surface area (Å²) in [6, 6.07) is 0.695. The number of nitrogens with zero attached hydrogens (tertiary/aromatic N) is 1. The first kappa shape index (κ1) is 13.3. The first-order chi connectivity index (χ1) is 8.28. The van der Waals surface area contributed by atoms with Gasteiger partial charge in [0.05, 0.1) is 6.10 Å². The Morgan fingerprint density at radius 2 is 2.12 bits per heavy atom. The lowest BCUT2D eigenvalue weighted by atomic mass is 9.91. The first-order valence-electron chi connectivity index (χ1n) is 7.22. The number of nitrogens with one attached hydrogen (secondary N) is 1. The molecular weight excluding hydrogens is 212 g/mol. The van der Waals surface area contributed by atoms with Gasteiger partial charge < -0.3 is 15.0 Å². The van der Waals surface area contributed by atoms with Crippen molar-refractivity contribution in [3.63, 3.8) is 0 Å². The van der Waals surface area contributed by atoms with Gasteiger partial charge in [0.15, 0.2) is 0 Å². The van der Waals surface area contributed by atoms with Crippen molar-refractivity contribution in [3.05, 3.63) is 0 Å². The van der Waals surface area contributed by atoms with E-state index in [0.717, 1.165) is 5.92 Å². The quantitative estimate of drug-likeness (QED) is 0.812. The van der Waals surface area contributed by atoms with Crippen LogP contribution in [0.15, 0.2) is 0 Å². The molecule has 2 rings (SSSR count). The normalized spacial score (nSPS) is 36.0. The summed E-state index contributed by atoms with van der Waals surface area (Å²) in [6.45, 7) is 3.75. The zero-order valence-electron chi connectivity index (χ0n) is 11.5. The van der Waals surface area contributed by atoms with Gasteiger partial charge in [-0.2, -0.15) is 0 Å². The Kier molecular flexibility index (Phi) is 5.26. The number of rotatable bonds is 4. The molecule has 1 N–H and O–H groups in total. The summed E-state index contributed by atoms with van der Waals surface area (Å²) in [6.07, 6.45) is 8.38. The minimum Gasteiger partial charge on any atom is -0.381 e. The van der Waals surface area contributed by atoms with E-state index in [4.69, 9.17) is 4.74 Å². The van der Waals surface area contributed by atoms with Crippen LogP contribution in [-0.4, -0.2) is 50.8 Å². The summed E-state index contributed by atoms with van der Waals surface area (Å²) >= 11 is 0. The van der Waals surface area contributed by atoms with Crippen LogP contribution in [0.25, 0.3) is 0 Å². The Labute approximate surface area is 106 Å². The third-order valence-corrected chi connectivity index (χ3v) is 4.38. The van der Waals surface area contributed by atoms with Gasteiger partial charge in [-0.15, -0.1) is 0 Å². The number of likely N-dealkylation sites (tertiary alicyclic amines) is 1. The summed E-state index contributed by atoms with van der Waals surface area (Å²) < 4.78 is 5.48. The standard InChI is InChI=1S/C14H28N2O/c1-16-8-4-5-12(11-16)10-15-13-6-3-7-14(9-13)17-2/h12-15H,3-11H2,1-2H3. The lowest BCUT2D eigenvalue weighted by Crippen LogP contribution is -2.43. The SMILES string of the molecule is COC1CCCC(NCC2CCCN(C)C2)C1. The molecule has 1 saturated heterocycles. The van der Waals surface area contributed by atoms with Gasteiger partial charge in [-0.05, 0) is 64.6 Å². The zero-order chi connectivity index (χ0) is 12.1. The Bertz CT molecular complexity index is 222. The van der Waals surface area contributed by atoms with E-state index in [0.29, 0.717) is 12.1 Å². The molecule has 100 valence electrons. The predicted octanol–water partition coefficient (Wildman–Crippen LogP) is 1.88. The minimum atomic E-state index is 0.496. The predicted molar refractivity (Wildman–Crippen MR) is 71.3 cm³/mol. The van der Waals surface area contributed by atoms with Crippen molar-refractivity contribution in [3.8, 4) is 0 Å². The van der Waals surface area contributed by atoms with Crippen LogP contribution in [0.2, 0.25) is 0 Å². The molecule has 0 aromatic carbocycles. The van der Waals surface area contributed by atoms with E-state index in [1.807, 2.05) is 7.11 Å². The van der Waals surface area contributed by atoms with E-state index in [2.05, 4.69) is 17.3 Å².